The summed E-state index contributed by atoms with van der Waals surface area (Å²) < 4.78 is 42.3. The molecule has 2 atom stereocenters. The number of piperidine rings is 1. The number of likely N-dealkylation sites (N-methyl/N-ethyl adjacent to an activating group) is 1. The number of rotatable bonds is 4. The molecule has 1 fully saturated rings. The fourth-order valence-electron chi connectivity index (χ4n) is 5.08. The van der Waals surface area contributed by atoms with Gasteiger partial charge in [-0.15, -0.1) is 11.8 Å². The third-order valence-corrected chi connectivity index (χ3v) is 7.26. The number of fused-ring (bicyclic) bond motifs is 3. The second kappa shape index (κ2) is 7.43. The van der Waals surface area contributed by atoms with Crippen molar-refractivity contribution in [3.8, 4) is 0 Å². The first-order valence-electron chi connectivity index (χ1n) is 9.91. The van der Waals surface area contributed by atoms with Gasteiger partial charge >= 0.3 is 6.18 Å². The largest absolute Gasteiger partial charge is 0.418 e. The van der Waals surface area contributed by atoms with E-state index >= 15 is 0 Å². The molecule has 0 radical (unpaired) electrons. The Morgan fingerprint density at radius 3 is 2.72 bits per heavy atom. The summed E-state index contributed by atoms with van der Waals surface area (Å²) >= 11 is 1.57. The lowest BCUT2D eigenvalue weighted by molar-refractivity contribution is -0.137. The van der Waals surface area contributed by atoms with E-state index in [0.717, 1.165) is 35.5 Å². The van der Waals surface area contributed by atoms with Crippen molar-refractivity contribution >= 4 is 28.8 Å². The molecule has 7 heteroatoms. The van der Waals surface area contributed by atoms with Gasteiger partial charge in [0.2, 0.25) is 0 Å². The SMILES string of the molecule is CC[C@@]12CNCC[C@@H]1N(C)c1c(C(F)(F)F)cc(Nc3ccccc3SC)cc12. The van der Waals surface area contributed by atoms with Gasteiger partial charge in [0.1, 0.15) is 0 Å². The number of anilines is 3. The number of alkyl halides is 3. The number of hydrogen-bond donors (Lipinski definition) is 2. The molecule has 0 aromatic heterocycles. The van der Waals surface area contributed by atoms with Gasteiger partial charge in [-0.2, -0.15) is 13.2 Å². The first-order valence-corrected chi connectivity index (χ1v) is 11.1. The molecule has 156 valence electrons. The van der Waals surface area contributed by atoms with E-state index in [1.165, 1.54) is 6.07 Å². The third-order valence-electron chi connectivity index (χ3n) is 6.46. The van der Waals surface area contributed by atoms with Crippen molar-refractivity contribution < 1.29 is 13.2 Å². The van der Waals surface area contributed by atoms with Crippen LogP contribution in [0.3, 0.4) is 0 Å². The van der Waals surface area contributed by atoms with Crippen LogP contribution in [0.5, 0.6) is 0 Å². The molecule has 2 aromatic carbocycles. The average Bonchev–Trinajstić information content (AvgIpc) is 2.96. The van der Waals surface area contributed by atoms with Crippen molar-refractivity contribution in [2.24, 2.45) is 0 Å². The Hall–Kier alpha value is -1.86. The van der Waals surface area contributed by atoms with Crippen LogP contribution in [-0.2, 0) is 11.6 Å². The molecule has 29 heavy (non-hydrogen) atoms. The van der Waals surface area contributed by atoms with E-state index in [2.05, 4.69) is 17.6 Å². The van der Waals surface area contributed by atoms with Crippen molar-refractivity contribution in [1.82, 2.24) is 5.32 Å². The highest BCUT2D eigenvalue weighted by Crippen LogP contribution is 2.54. The van der Waals surface area contributed by atoms with Gasteiger partial charge in [-0.05, 0) is 55.5 Å². The molecule has 0 bridgehead atoms. The summed E-state index contributed by atoms with van der Waals surface area (Å²) in [5, 5.41) is 6.68. The number of nitrogens with zero attached hydrogens (tertiary/aromatic N) is 1. The van der Waals surface area contributed by atoms with E-state index in [9.17, 15) is 13.2 Å². The molecular weight excluding hydrogens is 395 g/mol. The van der Waals surface area contributed by atoms with Crippen LogP contribution < -0.4 is 15.5 Å². The Kier molecular flexibility index (Phi) is 5.23. The molecule has 2 heterocycles. The van der Waals surface area contributed by atoms with Gasteiger partial charge < -0.3 is 15.5 Å². The number of nitrogens with one attached hydrogen (secondary N) is 2. The van der Waals surface area contributed by atoms with Gasteiger partial charge in [-0.25, -0.2) is 0 Å². The van der Waals surface area contributed by atoms with Crippen molar-refractivity contribution in [3.63, 3.8) is 0 Å². The minimum atomic E-state index is -4.41. The smallest absolute Gasteiger partial charge is 0.370 e. The van der Waals surface area contributed by atoms with Crippen LogP contribution in [0.1, 0.15) is 30.9 Å². The predicted octanol–water partition coefficient (Wildman–Crippen LogP) is 5.63. The summed E-state index contributed by atoms with van der Waals surface area (Å²) in [6.07, 6.45) is -0.812. The van der Waals surface area contributed by atoms with E-state index < -0.39 is 11.7 Å². The van der Waals surface area contributed by atoms with Gasteiger partial charge in [0.15, 0.2) is 0 Å². The summed E-state index contributed by atoms with van der Waals surface area (Å²) in [6, 6.07) is 11.0. The fraction of sp³-hybridized carbons (Fsp3) is 0.455. The molecule has 2 aliphatic rings. The van der Waals surface area contributed by atoms with Crippen LogP contribution in [-0.4, -0.2) is 32.4 Å². The number of para-hydroxylation sites is 1. The van der Waals surface area contributed by atoms with Crippen LogP contribution in [0.4, 0.5) is 30.2 Å². The fourth-order valence-corrected chi connectivity index (χ4v) is 5.63. The molecular formula is C22H26F3N3S. The van der Waals surface area contributed by atoms with Crippen LogP contribution in [0.15, 0.2) is 41.3 Å². The maximum atomic E-state index is 14.1. The lowest BCUT2D eigenvalue weighted by Crippen LogP contribution is -2.54. The standard InChI is InChI=1S/C22H26F3N3S/c1-4-21-13-26-10-9-19(21)28(2)20-15(21)11-14(12-16(20)22(23,24)25)27-17-7-5-6-8-18(17)29-3/h5-8,11-12,19,26-27H,4,9-10,13H2,1-3H3/t19-,21-/m0/s1. The van der Waals surface area contributed by atoms with Gasteiger partial charge in [-0.3, -0.25) is 0 Å². The number of benzene rings is 2. The van der Waals surface area contributed by atoms with Crippen LogP contribution >= 0.6 is 11.8 Å². The highest BCUT2D eigenvalue weighted by Gasteiger charge is 2.53. The predicted molar refractivity (Wildman–Crippen MR) is 115 cm³/mol. The van der Waals surface area contributed by atoms with Crippen LogP contribution in [0.25, 0.3) is 0 Å². The topological polar surface area (TPSA) is 27.3 Å². The second-order valence-corrected chi connectivity index (χ2v) is 8.69. The maximum Gasteiger partial charge on any atom is 0.418 e. The molecule has 0 amide bonds. The van der Waals surface area contributed by atoms with E-state index in [0.29, 0.717) is 17.9 Å². The lowest BCUT2D eigenvalue weighted by atomic mass is 9.71. The molecule has 3 nitrogen and oxygen atoms in total. The second-order valence-electron chi connectivity index (χ2n) is 7.84. The monoisotopic (exact) mass is 421 g/mol. The Bertz CT molecular complexity index is 915. The molecule has 0 unspecified atom stereocenters. The number of thioether (sulfide) groups is 1. The first kappa shape index (κ1) is 20.4. The zero-order valence-electron chi connectivity index (χ0n) is 16.9. The van der Waals surface area contributed by atoms with Crippen molar-refractivity contribution in [1.29, 1.82) is 0 Å². The molecule has 2 N–H and O–H groups in total. The van der Waals surface area contributed by atoms with Gasteiger partial charge in [0, 0.05) is 35.6 Å². The Labute approximate surface area is 174 Å². The van der Waals surface area contributed by atoms with Gasteiger partial charge in [0.25, 0.3) is 0 Å². The van der Waals surface area contributed by atoms with E-state index in [1.807, 2.05) is 48.5 Å². The molecule has 0 spiro atoms. The van der Waals surface area contributed by atoms with E-state index in [4.69, 9.17) is 0 Å². The lowest BCUT2D eigenvalue weighted by Gasteiger charge is -2.42. The quantitative estimate of drug-likeness (QED) is 0.626. The normalized spacial score (nSPS) is 23.7. The minimum absolute atomic E-state index is 0.0820. The Morgan fingerprint density at radius 1 is 1.28 bits per heavy atom. The van der Waals surface area contributed by atoms with E-state index in [1.54, 1.807) is 11.8 Å². The van der Waals surface area contributed by atoms with Crippen LogP contribution in [0, 0.1) is 0 Å². The summed E-state index contributed by atoms with van der Waals surface area (Å²) in [5.41, 5.74) is 1.60. The summed E-state index contributed by atoms with van der Waals surface area (Å²) in [6.45, 7) is 3.62. The molecule has 0 aliphatic carbocycles. The molecule has 2 aromatic rings. The molecule has 0 saturated carbocycles. The zero-order chi connectivity index (χ0) is 20.8. The summed E-state index contributed by atoms with van der Waals surface area (Å²) in [4.78, 5) is 2.88. The zero-order valence-corrected chi connectivity index (χ0v) is 17.7. The average molecular weight is 422 g/mol. The minimum Gasteiger partial charge on any atom is -0.370 e. The van der Waals surface area contributed by atoms with Gasteiger partial charge in [-0.1, -0.05) is 19.1 Å². The molecule has 1 saturated heterocycles. The highest BCUT2D eigenvalue weighted by atomic mass is 32.2. The Balaban J connectivity index is 1.89. The molecule has 4 rings (SSSR count). The summed E-state index contributed by atoms with van der Waals surface area (Å²) in [7, 11) is 1.82. The Morgan fingerprint density at radius 2 is 2.03 bits per heavy atom. The van der Waals surface area contributed by atoms with Crippen molar-refractivity contribution in [3.05, 3.63) is 47.5 Å². The van der Waals surface area contributed by atoms with Crippen molar-refractivity contribution in [2.45, 2.75) is 42.3 Å². The van der Waals surface area contributed by atoms with Crippen LogP contribution in [0.2, 0.25) is 0 Å². The number of halogens is 3. The maximum absolute atomic E-state index is 14.1. The van der Waals surface area contributed by atoms with Crippen molar-refractivity contribution in [2.75, 3.05) is 36.6 Å². The molecule has 2 aliphatic heterocycles. The van der Waals surface area contributed by atoms with Gasteiger partial charge in [0.05, 0.1) is 16.9 Å². The summed E-state index contributed by atoms with van der Waals surface area (Å²) in [5.74, 6) is 0. The van der Waals surface area contributed by atoms with E-state index in [-0.39, 0.29) is 11.5 Å². The first-order chi connectivity index (χ1) is 13.8. The highest BCUT2D eigenvalue weighted by molar-refractivity contribution is 7.98. The third kappa shape index (κ3) is 3.28. The number of hydrogen-bond acceptors (Lipinski definition) is 4.